The zero-order valence-electron chi connectivity index (χ0n) is 7.90. The molecule has 0 aromatic heterocycles. The van der Waals surface area contributed by atoms with Crippen LogP contribution in [0.25, 0.3) is 0 Å². The van der Waals surface area contributed by atoms with E-state index in [1.54, 1.807) is 18.7 Å². The van der Waals surface area contributed by atoms with Gasteiger partial charge in [0.05, 0.1) is 12.1 Å². The van der Waals surface area contributed by atoms with Crippen LogP contribution in [-0.2, 0) is 0 Å². The number of nitrogens with two attached hydrogens (primary N) is 1. The molecule has 0 bridgehead atoms. The fraction of sp³-hybridized carbons (Fsp3) is 0.400. The molecule has 13 heavy (non-hydrogen) atoms. The average Bonchev–Trinajstić information content (AvgIpc) is 2.16. The van der Waals surface area contributed by atoms with Crippen molar-refractivity contribution in [3.8, 4) is 0 Å². The minimum absolute atomic E-state index is 0.285. The molecule has 0 aliphatic carbocycles. The van der Waals surface area contributed by atoms with Gasteiger partial charge in [-0.1, -0.05) is 12.1 Å². The minimum Gasteiger partial charge on any atom is -0.391 e. The molecule has 0 unspecified atom stereocenters. The van der Waals surface area contributed by atoms with Gasteiger partial charge in [-0.15, -0.1) is 11.8 Å². The van der Waals surface area contributed by atoms with E-state index in [0.29, 0.717) is 0 Å². The van der Waals surface area contributed by atoms with E-state index in [2.05, 4.69) is 0 Å². The molecule has 72 valence electrons. The van der Waals surface area contributed by atoms with Crippen molar-refractivity contribution in [2.45, 2.75) is 24.0 Å². The molecule has 0 fully saturated rings. The van der Waals surface area contributed by atoms with Crippen LogP contribution in [0.1, 0.15) is 18.5 Å². The summed E-state index contributed by atoms with van der Waals surface area (Å²) in [6.45, 7) is 1.70. The third-order valence-corrected chi connectivity index (χ3v) is 2.72. The Bertz CT molecular complexity index is 275. The maximum absolute atomic E-state index is 9.31. The molecule has 1 aromatic rings. The zero-order valence-corrected chi connectivity index (χ0v) is 8.71. The van der Waals surface area contributed by atoms with Gasteiger partial charge in [0.25, 0.3) is 0 Å². The van der Waals surface area contributed by atoms with Crippen LogP contribution < -0.4 is 5.73 Å². The number of hydrogen-bond acceptors (Lipinski definition) is 3. The van der Waals surface area contributed by atoms with E-state index in [4.69, 9.17) is 5.73 Å². The highest BCUT2D eigenvalue weighted by atomic mass is 32.2. The summed E-state index contributed by atoms with van der Waals surface area (Å²) in [5.74, 6) is 0. The van der Waals surface area contributed by atoms with Gasteiger partial charge >= 0.3 is 0 Å². The Morgan fingerprint density at radius 3 is 2.69 bits per heavy atom. The van der Waals surface area contributed by atoms with Gasteiger partial charge in [-0.3, -0.25) is 0 Å². The molecular formula is C10H15NOS. The SMILES string of the molecule is CSc1cccc([C@H](N)[C@@H](C)O)c1. The highest BCUT2D eigenvalue weighted by Crippen LogP contribution is 2.20. The zero-order chi connectivity index (χ0) is 9.84. The lowest BCUT2D eigenvalue weighted by molar-refractivity contribution is 0.164. The molecule has 0 heterocycles. The molecule has 0 spiro atoms. The lowest BCUT2D eigenvalue weighted by Gasteiger charge is -2.15. The lowest BCUT2D eigenvalue weighted by Crippen LogP contribution is -2.23. The fourth-order valence-electron chi connectivity index (χ4n) is 1.13. The monoisotopic (exact) mass is 197 g/mol. The van der Waals surface area contributed by atoms with Crippen molar-refractivity contribution in [2.24, 2.45) is 5.73 Å². The first-order valence-electron chi connectivity index (χ1n) is 4.22. The van der Waals surface area contributed by atoms with E-state index in [9.17, 15) is 5.11 Å². The van der Waals surface area contributed by atoms with Crippen LogP contribution in [0.2, 0.25) is 0 Å². The molecule has 2 atom stereocenters. The molecular weight excluding hydrogens is 182 g/mol. The van der Waals surface area contributed by atoms with Crippen LogP contribution in [0.3, 0.4) is 0 Å². The van der Waals surface area contributed by atoms with Gasteiger partial charge in [0.15, 0.2) is 0 Å². The number of rotatable bonds is 3. The topological polar surface area (TPSA) is 46.2 Å². The minimum atomic E-state index is -0.503. The summed E-state index contributed by atoms with van der Waals surface area (Å²) in [6.07, 6.45) is 1.52. The molecule has 1 aromatic carbocycles. The molecule has 0 radical (unpaired) electrons. The van der Waals surface area contributed by atoms with Crippen molar-refractivity contribution in [2.75, 3.05) is 6.26 Å². The molecule has 3 N–H and O–H groups in total. The van der Waals surface area contributed by atoms with E-state index in [0.717, 1.165) is 5.56 Å². The Balaban J connectivity index is 2.88. The summed E-state index contributed by atoms with van der Waals surface area (Å²) in [4.78, 5) is 1.17. The van der Waals surface area contributed by atoms with Crippen molar-refractivity contribution in [3.63, 3.8) is 0 Å². The smallest absolute Gasteiger partial charge is 0.0704 e. The first kappa shape index (κ1) is 10.6. The van der Waals surface area contributed by atoms with Crippen LogP contribution in [0.4, 0.5) is 0 Å². The standard InChI is InChI=1S/C10H15NOS/c1-7(12)10(11)8-4-3-5-9(6-8)13-2/h3-7,10,12H,11H2,1-2H3/t7-,10-/m1/s1. The summed E-state index contributed by atoms with van der Waals surface area (Å²) >= 11 is 1.67. The Morgan fingerprint density at radius 1 is 1.46 bits per heavy atom. The first-order chi connectivity index (χ1) is 6.15. The summed E-state index contributed by atoms with van der Waals surface area (Å²) in [5, 5.41) is 9.31. The predicted octanol–water partition coefficient (Wildman–Crippen LogP) is 1.79. The predicted molar refractivity (Wildman–Crippen MR) is 56.8 cm³/mol. The third kappa shape index (κ3) is 2.72. The highest BCUT2D eigenvalue weighted by Gasteiger charge is 2.11. The molecule has 0 saturated carbocycles. The summed E-state index contributed by atoms with van der Waals surface area (Å²) in [6, 6.07) is 7.66. The molecule has 3 heteroatoms. The second kappa shape index (κ2) is 4.65. The maximum Gasteiger partial charge on any atom is 0.0704 e. The summed E-state index contributed by atoms with van der Waals surface area (Å²) in [7, 11) is 0. The number of aliphatic hydroxyl groups is 1. The highest BCUT2D eigenvalue weighted by molar-refractivity contribution is 7.98. The van der Waals surface area contributed by atoms with Crippen molar-refractivity contribution in [1.82, 2.24) is 0 Å². The normalized spacial score (nSPS) is 15.4. The molecule has 0 amide bonds. The van der Waals surface area contributed by atoms with Crippen molar-refractivity contribution in [3.05, 3.63) is 29.8 Å². The maximum atomic E-state index is 9.31. The number of aliphatic hydroxyl groups excluding tert-OH is 1. The van der Waals surface area contributed by atoms with E-state index < -0.39 is 6.10 Å². The molecule has 0 aliphatic rings. The molecule has 0 saturated heterocycles. The van der Waals surface area contributed by atoms with Gasteiger partial charge in [-0.05, 0) is 30.9 Å². The van der Waals surface area contributed by atoms with Gasteiger partial charge in [0, 0.05) is 4.90 Å². The largest absolute Gasteiger partial charge is 0.391 e. The first-order valence-corrected chi connectivity index (χ1v) is 5.45. The van der Waals surface area contributed by atoms with Crippen molar-refractivity contribution < 1.29 is 5.11 Å². The number of thioether (sulfide) groups is 1. The van der Waals surface area contributed by atoms with Crippen molar-refractivity contribution >= 4 is 11.8 Å². The van der Waals surface area contributed by atoms with Gasteiger partial charge in [0.1, 0.15) is 0 Å². The molecule has 0 aliphatic heterocycles. The van der Waals surface area contributed by atoms with E-state index in [1.807, 2.05) is 30.5 Å². The Kier molecular flexibility index (Phi) is 3.78. The van der Waals surface area contributed by atoms with Gasteiger partial charge in [-0.25, -0.2) is 0 Å². The van der Waals surface area contributed by atoms with Crippen LogP contribution in [0, 0.1) is 0 Å². The summed E-state index contributed by atoms with van der Waals surface area (Å²) < 4.78 is 0. The lowest BCUT2D eigenvalue weighted by atomic mass is 10.0. The quantitative estimate of drug-likeness (QED) is 0.726. The Labute approximate surface area is 83.1 Å². The van der Waals surface area contributed by atoms with E-state index in [-0.39, 0.29) is 6.04 Å². The number of hydrogen-bond donors (Lipinski definition) is 2. The Morgan fingerprint density at radius 2 is 2.15 bits per heavy atom. The third-order valence-electron chi connectivity index (χ3n) is 2.00. The van der Waals surface area contributed by atoms with Crippen LogP contribution in [0.15, 0.2) is 29.2 Å². The second-order valence-corrected chi connectivity index (χ2v) is 3.92. The van der Waals surface area contributed by atoms with Crippen LogP contribution in [-0.4, -0.2) is 17.5 Å². The van der Waals surface area contributed by atoms with Crippen LogP contribution in [0.5, 0.6) is 0 Å². The van der Waals surface area contributed by atoms with Gasteiger partial charge in [0.2, 0.25) is 0 Å². The molecule has 1 rings (SSSR count). The fourth-order valence-corrected chi connectivity index (χ4v) is 1.60. The van der Waals surface area contributed by atoms with Crippen molar-refractivity contribution in [1.29, 1.82) is 0 Å². The second-order valence-electron chi connectivity index (χ2n) is 3.04. The Hall–Kier alpha value is -0.510. The van der Waals surface area contributed by atoms with Gasteiger partial charge < -0.3 is 10.8 Å². The average molecular weight is 197 g/mol. The van der Waals surface area contributed by atoms with Crippen LogP contribution >= 0.6 is 11.8 Å². The summed E-state index contributed by atoms with van der Waals surface area (Å²) in [5.41, 5.74) is 6.79. The van der Waals surface area contributed by atoms with E-state index >= 15 is 0 Å². The van der Waals surface area contributed by atoms with Gasteiger partial charge in [-0.2, -0.15) is 0 Å². The number of benzene rings is 1. The molecule has 2 nitrogen and oxygen atoms in total. The van der Waals surface area contributed by atoms with E-state index in [1.165, 1.54) is 4.90 Å².